The van der Waals surface area contributed by atoms with Crippen LogP contribution in [0.4, 0.5) is 0 Å². The molecule has 1 atom stereocenters. The lowest BCUT2D eigenvalue weighted by Crippen LogP contribution is -2.36. The van der Waals surface area contributed by atoms with Gasteiger partial charge in [0.1, 0.15) is 0 Å². The molecule has 1 unspecified atom stereocenters. The van der Waals surface area contributed by atoms with Crippen molar-refractivity contribution in [1.29, 1.82) is 0 Å². The molecule has 0 saturated heterocycles. The molecule has 0 bridgehead atoms. The van der Waals surface area contributed by atoms with Gasteiger partial charge in [-0.2, -0.15) is 0 Å². The third-order valence-corrected chi connectivity index (χ3v) is 6.31. The van der Waals surface area contributed by atoms with E-state index in [4.69, 9.17) is 0 Å². The van der Waals surface area contributed by atoms with Gasteiger partial charge in [0, 0.05) is 0 Å². The van der Waals surface area contributed by atoms with E-state index in [9.17, 15) is 0 Å². The Morgan fingerprint density at radius 2 is 1.33 bits per heavy atom. The Bertz CT molecular complexity index is 230. The van der Waals surface area contributed by atoms with Gasteiger partial charge in [-0.15, -0.1) is 0 Å². The van der Waals surface area contributed by atoms with Crippen LogP contribution in [-0.4, -0.2) is 0 Å². The highest BCUT2D eigenvalue weighted by molar-refractivity contribution is 4.89. The van der Waals surface area contributed by atoms with E-state index in [1.807, 2.05) is 0 Å². The van der Waals surface area contributed by atoms with Crippen molar-refractivity contribution in [3.8, 4) is 0 Å². The molecule has 0 amide bonds. The molecule has 2 fully saturated rings. The van der Waals surface area contributed by atoms with Crippen LogP contribution in [0, 0.1) is 23.2 Å². The van der Waals surface area contributed by atoms with E-state index in [-0.39, 0.29) is 0 Å². The second-order valence-electron chi connectivity index (χ2n) is 7.70. The minimum atomic E-state index is 0.627. The van der Waals surface area contributed by atoms with E-state index in [1.165, 1.54) is 70.6 Å². The van der Waals surface area contributed by atoms with Crippen molar-refractivity contribution in [1.82, 2.24) is 0 Å². The lowest BCUT2D eigenvalue weighted by atomic mass is 9.59. The third kappa shape index (κ3) is 3.31. The molecule has 0 aromatic rings. The average Bonchev–Trinajstić information content (AvgIpc) is 2.40. The summed E-state index contributed by atoms with van der Waals surface area (Å²) in [5, 5.41) is 0. The molecule has 0 aromatic heterocycles. The maximum Gasteiger partial charge on any atom is -0.0272 e. The minimum Gasteiger partial charge on any atom is -0.0622 e. The van der Waals surface area contributed by atoms with Gasteiger partial charge in [-0.05, 0) is 42.4 Å². The number of hydrogen-bond acceptors (Lipinski definition) is 0. The standard InChI is InChI=1S/C18H34/c1-15(2)18(3,17-12-8-5-9-13-17)14-16-10-6-4-7-11-16/h15-17H,4-14H2,1-3H3. The van der Waals surface area contributed by atoms with Crippen molar-refractivity contribution in [2.75, 3.05) is 0 Å². The second-order valence-corrected chi connectivity index (χ2v) is 7.70. The molecule has 18 heavy (non-hydrogen) atoms. The van der Waals surface area contributed by atoms with Gasteiger partial charge in [0.25, 0.3) is 0 Å². The fourth-order valence-electron chi connectivity index (χ4n) is 4.65. The van der Waals surface area contributed by atoms with E-state index in [1.54, 1.807) is 0 Å². The summed E-state index contributed by atoms with van der Waals surface area (Å²) < 4.78 is 0. The van der Waals surface area contributed by atoms with Gasteiger partial charge >= 0.3 is 0 Å². The van der Waals surface area contributed by atoms with Crippen molar-refractivity contribution in [2.24, 2.45) is 23.2 Å². The Morgan fingerprint density at radius 1 is 0.833 bits per heavy atom. The molecule has 2 aliphatic carbocycles. The van der Waals surface area contributed by atoms with Gasteiger partial charge in [0.2, 0.25) is 0 Å². The second kappa shape index (κ2) is 6.44. The average molecular weight is 250 g/mol. The maximum atomic E-state index is 2.63. The first-order chi connectivity index (χ1) is 8.63. The summed E-state index contributed by atoms with van der Waals surface area (Å²) in [7, 11) is 0. The first-order valence-electron chi connectivity index (χ1n) is 8.63. The normalized spacial score (nSPS) is 27.3. The summed E-state index contributed by atoms with van der Waals surface area (Å²) in [4.78, 5) is 0. The Morgan fingerprint density at radius 3 is 1.83 bits per heavy atom. The smallest absolute Gasteiger partial charge is 0.0272 e. The predicted molar refractivity (Wildman–Crippen MR) is 80.7 cm³/mol. The summed E-state index contributed by atoms with van der Waals surface area (Å²) >= 11 is 0. The third-order valence-electron chi connectivity index (χ3n) is 6.31. The van der Waals surface area contributed by atoms with E-state index >= 15 is 0 Å². The molecule has 2 saturated carbocycles. The SMILES string of the molecule is CC(C)C(C)(CC1CCCCC1)C1CCCCC1. The molecule has 0 N–H and O–H groups in total. The topological polar surface area (TPSA) is 0 Å². The van der Waals surface area contributed by atoms with Crippen LogP contribution in [0.2, 0.25) is 0 Å². The Balaban J connectivity index is 1.99. The van der Waals surface area contributed by atoms with Crippen LogP contribution in [0.1, 0.15) is 91.4 Å². The lowest BCUT2D eigenvalue weighted by Gasteiger charge is -2.46. The zero-order valence-electron chi connectivity index (χ0n) is 13.0. The molecule has 0 heteroatoms. The van der Waals surface area contributed by atoms with Gasteiger partial charge in [-0.1, -0.05) is 72.1 Å². The Hall–Kier alpha value is 0. The zero-order valence-corrected chi connectivity index (χ0v) is 13.0. The van der Waals surface area contributed by atoms with Crippen LogP contribution >= 0.6 is 0 Å². The monoisotopic (exact) mass is 250 g/mol. The quantitative estimate of drug-likeness (QED) is 0.557. The molecular weight excluding hydrogens is 216 g/mol. The molecule has 0 aromatic carbocycles. The molecule has 0 spiro atoms. The molecule has 2 aliphatic rings. The van der Waals surface area contributed by atoms with Gasteiger partial charge in [-0.25, -0.2) is 0 Å². The van der Waals surface area contributed by atoms with Crippen molar-refractivity contribution >= 4 is 0 Å². The van der Waals surface area contributed by atoms with Gasteiger partial charge < -0.3 is 0 Å². The largest absolute Gasteiger partial charge is 0.0622 e. The zero-order chi connectivity index (χ0) is 13.0. The molecule has 0 heterocycles. The Labute approximate surface area is 115 Å². The minimum absolute atomic E-state index is 0.627. The van der Waals surface area contributed by atoms with Crippen molar-refractivity contribution in [2.45, 2.75) is 91.4 Å². The molecule has 2 rings (SSSR count). The Kier molecular flexibility index (Phi) is 5.15. The van der Waals surface area contributed by atoms with Crippen molar-refractivity contribution < 1.29 is 0 Å². The number of hydrogen-bond donors (Lipinski definition) is 0. The van der Waals surface area contributed by atoms with Crippen LogP contribution in [-0.2, 0) is 0 Å². The summed E-state index contributed by atoms with van der Waals surface area (Å²) in [6.07, 6.45) is 16.6. The highest BCUT2D eigenvalue weighted by Crippen LogP contribution is 2.49. The van der Waals surface area contributed by atoms with E-state index in [2.05, 4.69) is 20.8 Å². The molecule has 106 valence electrons. The van der Waals surface area contributed by atoms with E-state index < -0.39 is 0 Å². The molecule has 0 aliphatic heterocycles. The lowest BCUT2D eigenvalue weighted by molar-refractivity contribution is 0.0436. The highest BCUT2D eigenvalue weighted by Gasteiger charge is 2.39. The summed E-state index contributed by atoms with van der Waals surface area (Å²) in [6, 6.07) is 0. The van der Waals surface area contributed by atoms with Gasteiger partial charge in [-0.3, -0.25) is 0 Å². The van der Waals surface area contributed by atoms with E-state index in [0.717, 1.165) is 17.8 Å². The predicted octanol–water partition coefficient (Wildman–Crippen LogP) is 6.20. The highest BCUT2D eigenvalue weighted by atomic mass is 14.4. The first kappa shape index (κ1) is 14.4. The van der Waals surface area contributed by atoms with Crippen LogP contribution in [0.15, 0.2) is 0 Å². The van der Waals surface area contributed by atoms with Crippen molar-refractivity contribution in [3.05, 3.63) is 0 Å². The van der Waals surface area contributed by atoms with Crippen LogP contribution in [0.25, 0.3) is 0 Å². The molecule has 0 radical (unpaired) electrons. The van der Waals surface area contributed by atoms with Gasteiger partial charge in [0.05, 0.1) is 0 Å². The number of rotatable bonds is 4. The maximum absolute atomic E-state index is 2.63. The summed E-state index contributed by atoms with van der Waals surface area (Å²) in [5.41, 5.74) is 0.627. The molecule has 0 nitrogen and oxygen atoms in total. The van der Waals surface area contributed by atoms with Gasteiger partial charge in [0.15, 0.2) is 0 Å². The van der Waals surface area contributed by atoms with Crippen LogP contribution in [0.5, 0.6) is 0 Å². The molecular formula is C18H34. The fourth-order valence-corrected chi connectivity index (χ4v) is 4.65. The van der Waals surface area contributed by atoms with E-state index in [0.29, 0.717) is 5.41 Å². The van der Waals surface area contributed by atoms with Crippen LogP contribution < -0.4 is 0 Å². The summed E-state index contributed by atoms with van der Waals surface area (Å²) in [5.74, 6) is 2.93. The van der Waals surface area contributed by atoms with Crippen LogP contribution in [0.3, 0.4) is 0 Å². The fraction of sp³-hybridized carbons (Fsp3) is 1.00. The first-order valence-corrected chi connectivity index (χ1v) is 8.63. The summed E-state index contributed by atoms with van der Waals surface area (Å²) in [6.45, 7) is 7.59. The van der Waals surface area contributed by atoms with Crippen molar-refractivity contribution in [3.63, 3.8) is 0 Å².